The van der Waals surface area contributed by atoms with Gasteiger partial charge >= 0.3 is 0 Å². The van der Waals surface area contributed by atoms with Gasteiger partial charge in [-0.3, -0.25) is 9.58 Å². The molecule has 0 radical (unpaired) electrons. The summed E-state index contributed by atoms with van der Waals surface area (Å²) in [5, 5.41) is 14.8. The van der Waals surface area contributed by atoms with Gasteiger partial charge in [0.25, 0.3) is 0 Å². The van der Waals surface area contributed by atoms with Crippen LogP contribution in [0.25, 0.3) is 0 Å². The molecule has 0 aliphatic carbocycles. The Morgan fingerprint density at radius 1 is 1.29 bits per heavy atom. The van der Waals surface area contributed by atoms with Gasteiger partial charge in [0, 0.05) is 43.3 Å². The molecule has 1 unspecified atom stereocenters. The number of rotatable bonds is 4. The van der Waals surface area contributed by atoms with Gasteiger partial charge in [-0.25, -0.2) is 0 Å². The molecule has 2 aliphatic rings. The molecule has 1 N–H and O–H groups in total. The van der Waals surface area contributed by atoms with E-state index in [2.05, 4.69) is 40.9 Å². The highest BCUT2D eigenvalue weighted by Gasteiger charge is 2.39. The lowest BCUT2D eigenvalue weighted by Gasteiger charge is -2.28. The van der Waals surface area contributed by atoms with Crippen molar-refractivity contribution in [3.05, 3.63) is 52.8 Å². The van der Waals surface area contributed by atoms with E-state index in [1.165, 1.54) is 28.3 Å². The van der Waals surface area contributed by atoms with Crippen molar-refractivity contribution >= 4 is 11.8 Å². The van der Waals surface area contributed by atoms with Crippen LogP contribution in [-0.2, 0) is 31.2 Å². The smallest absolute Gasteiger partial charge is 0.0676 e. The Bertz CT molecular complexity index is 715. The molecule has 24 heavy (non-hydrogen) atoms. The molecular formula is C19H25N3OS. The minimum Gasteiger partial charge on any atom is -0.395 e. The Kier molecular flexibility index (Phi) is 4.41. The van der Waals surface area contributed by atoms with Crippen LogP contribution < -0.4 is 0 Å². The average molecular weight is 343 g/mol. The molecule has 3 heterocycles. The van der Waals surface area contributed by atoms with Crippen LogP contribution in [0.4, 0.5) is 0 Å². The largest absolute Gasteiger partial charge is 0.395 e. The number of fused-ring (bicyclic) bond motifs is 1. The number of hydrogen-bond acceptors (Lipinski definition) is 4. The minimum atomic E-state index is -0.116. The van der Waals surface area contributed by atoms with E-state index in [1.54, 1.807) is 0 Å². The van der Waals surface area contributed by atoms with Crippen molar-refractivity contribution in [1.29, 1.82) is 0 Å². The first kappa shape index (κ1) is 16.2. The zero-order chi connectivity index (χ0) is 16.6. The zero-order valence-corrected chi connectivity index (χ0v) is 15.1. The standard InChI is InChI=1S/C19H25N3OS/c1-21-18(16-12-24-10-7-17(16)20-21)11-22-9-8-19(13-22,14-23)15-5-3-2-4-6-15/h2-6,23H,7-14H2,1H3. The Morgan fingerprint density at radius 3 is 2.92 bits per heavy atom. The number of aryl methyl sites for hydroxylation is 2. The SMILES string of the molecule is Cn1nc2c(c1CN1CCC(CO)(c3ccccc3)C1)CSCC2. The molecule has 1 aromatic carbocycles. The number of aliphatic hydroxyl groups is 1. The molecule has 5 heteroatoms. The fourth-order valence-corrected chi connectivity index (χ4v) is 5.14. The fraction of sp³-hybridized carbons (Fsp3) is 0.526. The predicted molar refractivity (Wildman–Crippen MR) is 98.2 cm³/mol. The molecule has 0 amide bonds. The molecule has 2 aromatic rings. The van der Waals surface area contributed by atoms with E-state index in [0.29, 0.717) is 0 Å². The highest BCUT2D eigenvalue weighted by Crippen LogP contribution is 2.36. The maximum Gasteiger partial charge on any atom is 0.0676 e. The Hall–Kier alpha value is -1.30. The number of thioether (sulfide) groups is 1. The monoisotopic (exact) mass is 343 g/mol. The highest BCUT2D eigenvalue weighted by atomic mass is 32.2. The van der Waals surface area contributed by atoms with Crippen molar-refractivity contribution in [3.63, 3.8) is 0 Å². The second-order valence-electron chi connectivity index (χ2n) is 7.06. The number of aliphatic hydroxyl groups excluding tert-OH is 1. The molecule has 0 saturated carbocycles. The third kappa shape index (κ3) is 2.79. The maximum absolute atomic E-state index is 10.1. The molecule has 4 rings (SSSR count). The van der Waals surface area contributed by atoms with Gasteiger partial charge in [0.15, 0.2) is 0 Å². The van der Waals surface area contributed by atoms with Crippen LogP contribution in [0.5, 0.6) is 0 Å². The third-order valence-corrected chi connectivity index (χ3v) is 6.57. The van der Waals surface area contributed by atoms with Gasteiger partial charge in [-0.05, 0) is 24.3 Å². The van der Waals surface area contributed by atoms with Crippen LogP contribution in [-0.4, -0.2) is 45.2 Å². The van der Waals surface area contributed by atoms with Crippen molar-refractivity contribution in [3.8, 4) is 0 Å². The van der Waals surface area contributed by atoms with Crippen LogP contribution in [0.2, 0.25) is 0 Å². The summed E-state index contributed by atoms with van der Waals surface area (Å²) in [4.78, 5) is 2.49. The first-order valence-electron chi connectivity index (χ1n) is 8.72. The van der Waals surface area contributed by atoms with Gasteiger partial charge in [-0.15, -0.1) is 0 Å². The summed E-state index contributed by atoms with van der Waals surface area (Å²) >= 11 is 2.01. The van der Waals surface area contributed by atoms with E-state index in [0.717, 1.165) is 38.2 Å². The Morgan fingerprint density at radius 2 is 2.12 bits per heavy atom. The molecule has 2 aliphatic heterocycles. The lowest BCUT2D eigenvalue weighted by atomic mass is 9.80. The third-order valence-electron chi connectivity index (χ3n) is 5.58. The Labute approximate surface area is 147 Å². The minimum absolute atomic E-state index is 0.116. The summed E-state index contributed by atoms with van der Waals surface area (Å²) in [6.45, 7) is 3.10. The molecule has 4 nitrogen and oxygen atoms in total. The van der Waals surface area contributed by atoms with E-state index < -0.39 is 0 Å². The van der Waals surface area contributed by atoms with Crippen LogP contribution in [0.15, 0.2) is 30.3 Å². The van der Waals surface area contributed by atoms with Crippen molar-refractivity contribution < 1.29 is 5.11 Å². The molecule has 1 atom stereocenters. The average Bonchev–Trinajstić information content (AvgIpc) is 3.19. The molecule has 1 aromatic heterocycles. The summed E-state index contributed by atoms with van der Waals surface area (Å²) in [5.74, 6) is 2.28. The first-order chi connectivity index (χ1) is 11.7. The summed E-state index contributed by atoms with van der Waals surface area (Å²) in [6.07, 6.45) is 2.11. The van der Waals surface area contributed by atoms with E-state index in [4.69, 9.17) is 5.10 Å². The van der Waals surface area contributed by atoms with Gasteiger partial charge < -0.3 is 5.11 Å². The first-order valence-corrected chi connectivity index (χ1v) is 9.87. The van der Waals surface area contributed by atoms with Crippen molar-refractivity contribution in [2.24, 2.45) is 7.05 Å². The lowest BCUT2D eigenvalue weighted by Crippen LogP contribution is -2.34. The van der Waals surface area contributed by atoms with E-state index in [1.807, 2.05) is 17.8 Å². The molecule has 1 fully saturated rings. The van der Waals surface area contributed by atoms with E-state index in [9.17, 15) is 5.11 Å². The van der Waals surface area contributed by atoms with Gasteiger partial charge in [-0.1, -0.05) is 30.3 Å². The van der Waals surface area contributed by atoms with Crippen LogP contribution >= 0.6 is 11.8 Å². The topological polar surface area (TPSA) is 41.3 Å². The summed E-state index contributed by atoms with van der Waals surface area (Å²) < 4.78 is 2.08. The second-order valence-corrected chi connectivity index (χ2v) is 8.17. The van der Waals surface area contributed by atoms with Crippen molar-refractivity contribution in [2.75, 3.05) is 25.4 Å². The molecule has 1 saturated heterocycles. The summed E-state index contributed by atoms with van der Waals surface area (Å²) in [5.41, 5.74) is 5.25. The predicted octanol–water partition coefficient (Wildman–Crippen LogP) is 2.35. The number of likely N-dealkylation sites (tertiary alicyclic amines) is 1. The van der Waals surface area contributed by atoms with Crippen LogP contribution in [0.3, 0.4) is 0 Å². The zero-order valence-electron chi connectivity index (χ0n) is 14.2. The van der Waals surface area contributed by atoms with Crippen molar-refractivity contribution in [1.82, 2.24) is 14.7 Å². The van der Waals surface area contributed by atoms with Gasteiger partial charge in [0.1, 0.15) is 0 Å². The summed E-state index contributed by atoms with van der Waals surface area (Å²) in [6, 6.07) is 10.5. The molecular weight excluding hydrogens is 318 g/mol. The van der Waals surface area contributed by atoms with Crippen molar-refractivity contribution in [2.45, 2.75) is 30.6 Å². The highest BCUT2D eigenvalue weighted by molar-refractivity contribution is 7.98. The van der Waals surface area contributed by atoms with Gasteiger partial charge in [-0.2, -0.15) is 16.9 Å². The van der Waals surface area contributed by atoms with Crippen LogP contribution in [0, 0.1) is 0 Å². The molecule has 128 valence electrons. The lowest BCUT2D eigenvalue weighted by molar-refractivity contribution is 0.187. The Balaban J connectivity index is 1.55. The fourth-order valence-electron chi connectivity index (χ4n) is 4.12. The number of nitrogens with zero attached hydrogens (tertiary/aromatic N) is 3. The number of hydrogen-bond donors (Lipinski definition) is 1. The molecule has 0 bridgehead atoms. The number of benzene rings is 1. The van der Waals surface area contributed by atoms with Gasteiger partial charge in [0.2, 0.25) is 0 Å². The van der Waals surface area contributed by atoms with E-state index >= 15 is 0 Å². The normalized spacial score (nSPS) is 24.2. The summed E-state index contributed by atoms with van der Waals surface area (Å²) in [7, 11) is 2.07. The van der Waals surface area contributed by atoms with E-state index in [-0.39, 0.29) is 12.0 Å². The number of aromatic nitrogens is 2. The quantitative estimate of drug-likeness (QED) is 0.925. The molecule has 0 spiro atoms. The maximum atomic E-state index is 10.1. The van der Waals surface area contributed by atoms with Gasteiger partial charge in [0.05, 0.1) is 18.0 Å². The van der Waals surface area contributed by atoms with Crippen LogP contribution in [0.1, 0.15) is 28.9 Å². The second kappa shape index (κ2) is 6.54.